The first-order valence-corrected chi connectivity index (χ1v) is 2.92. The number of rotatable bonds is 3. The van der Waals surface area contributed by atoms with E-state index in [1.807, 2.05) is 0 Å². The van der Waals surface area contributed by atoms with E-state index in [1.165, 1.54) is 6.92 Å². The maximum Gasteiger partial charge on any atom is 0.375 e. The van der Waals surface area contributed by atoms with Gasteiger partial charge in [-0.15, -0.1) is 0 Å². The highest BCUT2D eigenvalue weighted by Crippen LogP contribution is 2.09. The van der Waals surface area contributed by atoms with Crippen molar-refractivity contribution in [2.45, 2.75) is 25.9 Å². The Balaban J connectivity index is 4.33. The molecule has 0 saturated heterocycles. The molecule has 0 unspecified atom stereocenters. The molecule has 4 nitrogen and oxygen atoms in total. The van der Waals surface area contributed by atoms with Crippen LogP contribution in [-0.4, -0.2) is 27.6 Å². The minimum Gasteiger partial charge on any atom is -0.475 e. The topological polar surface area (TPSA) is 74.6 Å². The van der Waals surface area contributed by atoms with Crippen molar-refractivity contribution in [3.05, 3.63) is 0 Å². The van der Waals surface area contributed by atoms with Gasteiger partial charge in [-0.2, -0.15) is 0 Å². The third kappa shape index (κ3) is 1.80. The van der Waals surface area contributed by atoms with Gasteiger partial charge in [-0.3, -0.25) is 4.79 Å². The van der Waals surface area contributed by atoms with Crippen LogP contribution in [0.5, 0.6) is 0 Å². The smallest absolute Gasteiger partial charge is 0.375 e. The number of aliphatic hydroxyl groups is 1. The van der Waals surface area contributed by atoms with Crippen LogP contribution in [-0.2, 0) is 9.59 Å². The fourth-order valence-electron chi connectivity index (χ4n) is 0.391. The van der Waals surface area contributed by atoms with Gasteiger partial charge in [0.05, 0.1) is 0 Å². The summed E-state index contributed by atoms with van der Waals surface area (Å²) in [7, 11) is 0. The molecule has 0 aliphatic carbocycles. The number of hydrogen-bond donors (Lipinski definition) is 2. The van der Waals surface area contributed by atoms with Gasteiger partial charge < -0.3 is 10.2 Å². The van der Waals surface area contributed by atoms with Crippen molar-refractivity contribution < 1.29 is 19.8 Å². The number of ketones is 1. The van der Waals surface area contributed by atoms with Gasteiger partial charge in [0, 0.05) is 0 Å². The summed E-state index contributed by atoms with van der Waals surface area (Å²) in [6.07, 6.45) is 0.109. The van der Waals surface area contributed by atoms with E-state index in [0.717, 1.165) is 0 Å². The number of hydrogen-bond acceptors (Lipinski definition) is 3. The van der Waals surface area contributed by atoms with Crippen molar-refractivity contribution >= 4 is 11.8 Å². The number of carbonyl (C=O) groups is 2. The largest absolute Gasteiger partial charge is 0.475 e. The predicted octanol–water partition coefficient (Wildman–Crippen LogP) is -0.199. The summed E-state index contributed by atoms with van der Waals surface area (Å²) < 4.78 is 0. The Bertz CT molecular complexity index is 159. The molecular weight excluding hydrogens is 136 g/mol. The van der Waals surface area contributed by atoms with E-state index >= 15 is 0 Å². The second-order valence-corrected chi connectivity index (χ2v) is 2.26. The summed E-state index contributed by atoms with van der Waals surface area (Å²) in [6.45, 7) is 2.73. The minimum absolute atomic E-state index is 0.109. The predicted molar refractivity (Wildman–Crippen MR) is 33.6 cm³/mol. The fraction of sp³-hybridized carbons (Fsp3) is 0.667. The van der Waals surface area contributed by atoms with Crippen LogP contribution in [0.25, 0.3) is 0 Å². The summed E-state index contributed by atoms with van der Waals surface area (Å²) in [4.78, 5) is 20.5. The first kappa shape index (κ1) is 9.10. The molecule has 0 amide bonds. The molecule has 0 fully saturated rings. The fourth-order valence-corrected chi connectivity index (χ4v) is 0.391. The molecule has 0 aromatic carbocycles. The zero-order valence-electron chi connectivity index (χ0n) is 5.92. The van der Waals surface area contributed by atoms with Gasteiger partial charge in [0.25, 0.3) is 5.78 Å². The molecule has 4 heteroatoms. The van der Waals surface area contributed by atoms with Gasteiger partial charge in [0.1, 0.15) is 5.60 Å². The molecule has 0 spiro atoms. The maximum absolute atomic E-state index is 10.5. The molecule has 0 heterocycles. The molecule has 0 aliphatic rings. The molecule has 0 bridgehead atoms. The SMILES string of the molecule is CC[C@](C)(O)C(=O)C(=O)O. The van der Waals surface area contributed by atoms with Crippen LogP contribution < -0.4 is 0 Å². The lowest BCUT2D eigenvalue weighted by molar-refractivity contribution is -0.158. The highest BCUT2D eigenvalue weighted by Gasteiger charge is 2.33. The van der Waals surface area contributed by atoms with Crippen LogP contribution in [0.1, 0.15) is 20.3 Å². The van der Waals surface area contributed by atoms with Gasteiger partial charge >= 0.3 is 5.97 Å². The van der Waals surface area contributed by atoms with Crippen molar-refractivity contribution in [2.24, 2.45) is 0 Å². The highest BCUT2D eigenvalue weighted by molar-refractivity contribution is 6.35. The summed E-state index contributed by atoms with van der Waals surface area (Å²) in [5.74, 6) is -2.75. The minimum atomic E-state index is -1.72. The van der Waals surface area contributed by atoms with Crippen molar-refractivity contribution in [3.63, 3.8) is 0 Å². The highest BCUT2D eigenvalue weighted by atomic mass is 16.4. The van der Waals surface area contributed by atoms with E-state index in [4.69, 9.17) is 10.2 Å². The first-order chi connectivity index (χ1) is 4.41. The summed E-state index contributed by atoms with van der Waals surface area (Å²) in [5.41, 5.74) is -1.72. The Kier molecular flexibility index (Phi) is 2.54. The average Bonchev–Trinajstić information content (AvgIpc) is 1.86. The van der Waals surface area contributed by atoms with Crippen LogP contribution >= 0.6 is 0 Å². The molecule has 0 rings (SSSR count). The lowest BCUT2D eigenvalue weighted by atomic mass is 9.98. The molecule has 1 atom stereocenters. The van der Waals surface area contributed by atoms with Crippen LogP contribution in [0.15, 0.2) is 0 Å². The van der Waals surface area contributed by atoms with E-state index in [9.17, 15) is 9.59 Å². The zero-order valence-corrected chi connectivity index (χ0v) is 5.92. The van der Waals surface area contributed by atoms with E-state index in [2.05, 4.69) is 0 Å². The Morgan fingerprint density at radius 2 is 1.90 bits per heavy atom. The van der Waals surface area contributed by atoms with Gasteiger partial charge in [0.15, 0.2) is 0 Å². The Morgan fingerprint density at radius 1 is 1.50 bits per heavy atom. The molecule has 2 N–H and O–H groups in total. The van der Waals surface area contributed by atoms with Crippen molar-refractivity contribution in [1.82, 2.24) is 0 Å². The molecule has 0 saturated carbocycles. The first-order valence-electron chi connectivity index (χ1n) is 2.92. The molecule has 0 aliphatic heterocycles. The number of carboxylic acid groups (broad SMARTS) is 1. The molecule has 0 radical (unpaired) electrons. The second kappa shape index (κ2) is 2.79. The standard InChI is InChI=1S/C6H10O4/c1-3-6(2,10)4(7)5(8)9/h10H,3H2,1-2H3,(H,8,9)/t6-/m0/s1. The van der Waals surface area contributed by atoms with Gasteiger partial charge in [0.2, 0.25) is 0 Å². The van der Waals surface area contributed by atoms with Crippen LogP contribution in [0.2, 0.25) is 0 Å². The van der Waals surface area contributed by atoms with Crippen LogP contribution in [0.4, 0.5) is 0 Å². The zero-order chi connectivity index (χ0) is 8.36. The average molecular weight is 146 g/mol. The van der Waals surface area contributed by atoms with Gasteiger partial charge in [-0.25, -0.2) is 4.79 Å². The van der Waals surface area contributed by atoms with Crippen molar-refractivity contribution in [1.29, 1.82) is 0 Å². The van der Waals surface area contributed by atoms with E-state index in [1.54, 1.807) is 6.92 Å². The van der Waals surface area contributed by atoms with E-state index < -0.39 is 17.4 Å². The number of carboxylic acids is 1. The third-order valence-electron chi connectivity index (χ3n) is 1.37. The Labute approximate surface area is 58.5 Å². The quantitative estimate of drug-likeness (QED) is 0.541. The number of aliphatic carboxylic acids is 1. The lowest BCUT2D eigenvalue weighted by Crippen LogP contribution is -2.39. The lowest BCUT2D eigenvalue weighted by Gasteiger charge is -2.15. The second-order valence-electron chi connectivity index (χ2n) is 2.26. The molecular formula is C6H10O4. The van der Waals surface area contributed by atoms with Crippen molar-refractivity contribution in [2.75, 3.05) is 0 Å². The molecule has 0 aromatic rings. The third-order valence-corrected chi connectivity index (χ3v) is 1.37. The van der Waals surface area contributed by atoms with E-state index in [0.29, 0.717) is 0 Å². The Morgan fingerprint density at radius 3 is 2.00 bits per heavy atom. The molecule has 10 heavy (non-hydrogen) atoms. The van der Waals surface area contributed by atoms with Gasteiger partial charge in [-0.05, 0) is 13.3 Å². The number of Topliss-reactive ketones (excluding diaryl/α,β-unsaturated/α-hetero) is 1. The Hall–Kier alpha value is -0.900. The monoisotopic (exact) mass is 146 g/mol. The maximum atomic E-state index is 10.5. The summed E-state index contributed by atoms with van der Waals surface area (Å²) in [5, 5.41) is 17.2. The van der Waals surface area contributed by atoms with Gasteiger partial charge in [-0.1, -0.05) is 6.92 Å². The van der Waals surface area contributed by atoms with Crippen LogP contribution in [0, 0.1) is 0 Å². The summed E-state index contributed by atoms with van der Waals surface area (Å²) in [6, 6.07) is 0. The molecule has 58 valence electrons. The normalized spacial score (nSPS) is 15.9. The summed E-state index contributed by atoms with van der Waals surface area (Å²) >= 11 is 0. The van der Waals surface area contributed by atoms with Crippen molar-refractivity contribution in [3.8, 4) is 0 Å². The van der Waals surface area contributed by atoms with Crippen LogP contribution in [0.3, 0.4) is 0 Å². The van der Waals surface area contributed by atoms with E-state index in [-0.39, 0.29) is 6.42 Å². The molecule has 0 aromatic heterocycles. The number of carbonyl (C=O) groups excluding carboxylic acids is 1.